The SMILES string of the molecule is C#CCBr.C#CCOC1CCC(c2cc(Cl)cc(Cl)c2)CC1.CCOC(=O)C#CCOC1CCC(c2cc(Cl)cc(Cl)c2)CC1.CCOC(=O)Cl.CCOC(=O)c1nnn(Cc2ccc(OC)cc2)c1COC1CCC(c2cc(Cl)cc(Cl)c2)CC1.COc1ccc(Cn2nnc(C(=O)O)c2COC2CCC(c3cc(Cl)cc(Cl)c3)CC2)cc1.OC1CCC(c2cc(Cl)cc(Cl)c2)CC1. The van der Waals surface area contributed by atoms with Crippen molar-refractivity contribution in [2.45, 2.75) is 236 Å². The summed E-state index contributed by atoms with van der Waals surface area (Å²) in [6.45, 7) is 8.07. The van der Waals surface area contributed by atoms with Gasteiger partial charge in [-0.25, -0.2) is 28.5 Å². The van der Waals surface area contributed by atoms with E-state index in [1.54, 1.807) is 74.7 Å². The number of aromatic carboxylic acids is 1. The molecule has 33 heteroatoms. The van der Waals surface area contributed by atoms with E-state index in [0.717, 1.165) is 157 Å². The number of hydrogen-bond donors (Lipinski definition) is 2. The number of carboxylic acid groups (broad SMARTS) is 1. The second-order valence-electron chi connectivity index (χ2n) is 32.2. The lowest BCUT2D eigenvalue weighted by Gasteiger charge is -2.29. The minimum absolute atomic E-state index is 0.0434. The van der Waals surface area contributed by atoms with E-state index >= 15 is 0 Å². The lowest BCUT2D eigenvalue weighted by molar-refractivity contribution is -0.136. The highest BCUT2D eigenvalue weighted by atomic mass is 79.9. The Morgan fingerprint density at radius 3 is 0.978 bits per heavy atom. The highest BCUT2D eigenvalue weighted by molar-refractivity contribution is 9.09. The van der Waals surface area contributed by atoms with Crippen molar-refractivity contribution in [3.05, 3.63) is 251 Å². The number of esters is 2. The average Bonchev–Trinajstić information content (AvgIpc) is 1.70. The first-order valence-corrected chi connectivity index (χ1v) is 49.6. The summed E-state index contributed by atoms with van der Waals surface area (Å²) in [6.07, 6.45) is 30.0. The molecule has 5 saturated carbocycles. The smallest absolute Gasteiger partial charge is 0.403 e. The third-order valence-electron chi connectivity index (χ3n) is 23.0. The minimum Gasteiger partial charge on any atom is -0.497 e. The van der Waals surface area contributed by atoms with Gasteiger partial charge in [0.25, 0.3) is 0 Å². The number of carbonyl (C=O) groups is 4. The topological polar surface area (TPSA) is 253 Å². The van der Waals surface area contributed by atoms with Crippen molar-refractivity contribution in [1.82, 2.24) is 30.0 Å². The molecule has 0 aliphatic heterocycles. The van der Waals surface area contributed by atoms with E-state index in [0.29, 0.717) is 136 Å². The molecular weight excluding hydrogens is 2010 g/mol. The number of aliphatic hydroxyl groups is 1. The third kappa shape index (κ3) is 39.4. The van der Waals surface area contributed by atoms with Gasteiger partial charge in [0.1, 0.15) is 24.7 Å². The number of methoxy groups -OCH3 is 2. The lowest BCUT2D eigenvalue weighted by Crippen LogP contribution is -2.22. The van der Waals surface area contributed by atoms with Gasteiger partial charge in [0.15, 0.2) is 11.4 Å². The normalized spacial score (nSPS) is 19.3. The molecule has 0 radical (unpaired) electrons. The van der Waals surface area contributed by atoms with Gasteiger partial charge in [0.2, 0.25) is 0 Å². The van der Waals surface area contributed by atoms with E-state index in [9.17, 15) is 29.4 Å². The first-order valence-electron chi connectivity index (χ1n) is 44.4. The number of terminal acetylenes is 2. The molecule has 21 nitrogen and oxygen atoms in total. The van der Waals surface area contributed by atoms with Crippen LogP contribution >= 0.6 is 144 Å². The maximum absolute atomic E-state index is 12.5. The highest BCUT2D eigenvalue weighted by Gasteiger charge is 2.31. The molecule has 14 rings (SSSR count). The van der Waals surface area contributed by atoms with E-state index in [1.807, 2.05) is 109 Å². The molecule has 5 aliphatic carbocycles. The van der Waals surface area contributed by atoms with E-state index < -0.39 is 23.3 Å². The lowest BCUT2D eigenvalue weighted by atomic mass is 9.83. The van der Waals surface area contributed by atoms with Crippen LogP contribution in [0.1, 0.15) is 250 Å². The van der Waals surface area contributed by atoms with Crippen molar-refractivity contribution < 1.29 is 72.0 Å². The maximum atomic E-state index is 12.5. The van der Waals surface area contributed by atoms with Crippen molar-refractivity contribution in [1.29, 1.82) is 0 Å². The summed E-state index contributed by atoms with van der Waals surface area (Å²) in [4.78, 5) is 44.8. The second kappa shape index (κ2) is 60.3. The van der Waals surface area contributed by atoms with Crippen LogP contribution in [0, 0.1) is 36.5 Å². The van der Waals surface area contributed by atoms with Crippen molar-refractivity contribution in [3.63, 3.8) is 0 Å². The predicted octanol–water partition coefficient (Wildman–Crippen LogP) is 27.3. The molecule has 0 amide bonds. The number of halogens is 12. The highest BCUT2D eigenvalue weighted by Crippen LogP contribution is 2.42. The molecule has 2 aromatic heterocycles. The zero-order chi connectivity index (χ0) is 97.0. The number of benzene rings is 7. The van der Waals surface area contributed by atoms with Crippen molar-refractivity contribution >= 4 is 167 Å². The van der Waals surface area contributed by atoms with Gasteiger partial charge < -0.3 is 52.8 Å². The van der Waals surface area contributed by atoms with Crippen LogP contribution in [-0.4, -0.2) is 147 Å². The maximum Gasteiger partial charge on any atom is 0.403 e. The molecular formula is C101H112BrCl11N6O15. The number of aromatic nitrogens is 6. The fourth-order valence-electron chi connectivity index (χ4n) is 16.4. The molecule has 7 aromatic carbocycles. The Morgan fingerprint density at radius 2 is 0.701 bits per heavy atom. The van der Waals surface area contributed by atoms with Gasteiger partial charge in [0, 0.05) is 67.7 Å². The van der Waals surface area contributed by atoms with Gasteiger partial charge in [-0.2, -0.15) is 0 Å². The molecule has 2 heterocycles. The van der Waals surface area contributed by atoms with Crippen LogP contribution < -0.4 is 9.47 Å². The Kier molecular flexibility index (Phi) is 50.3. The predicted molar refractivity (Wildman–Crippen MR) is 537 cm³/mol. The summed E-state index contributed by atoms with van der Waals surface area (Å²) >= 11 is 68.6. The minimum atomic E-state index is -1.11. The van der Waals surface area contributed by atoms with Crippen molar-refractivity contribution in [2.24, 2.45) is 0 Å². The molecule has 2 N–H and O–H groups in total. The zero-order valence-corrected chi connectivity index (χ0v) is 85.2. The van der Waals surface area contributed by atoms with Gasteiger partial charge in [0.05, 0.1) is 108 Å². The summed E-state index contributed by atoms with van der Waals surface area (Å²) < 4.78 is 51.5. The molecule has 720 valence electrons. The summed E-state index contributed by atoms with van der Waals surface area (Å²) in [5.41, 5.74) is 8.39. The monoisotopic (exact) mass is 2110 g/mol. The van der Waals surface area contributed by atoms with Gasteiger partial charge in [-0.3, -0.25) is 0 Å². The number of carbonyl (C=O) groups excluding carboxylic acids is 3. The largest absolute Gasteiger partial charge is 0.497 e. The van der Waals surface area contributed by atoms with Gasteiger partial charge in [-0.1, -0.05) is 184 Å². The molecule has 0 bridgehead atoms. The number of rotatable bonds is 26. The van der Waals surface area contributed by atoms with Crippen LogP contribution in [-0.2, 0) is 64.3 Å². The van der Waals surface area contributed by atoms with E-state index in [1.165, 1.54) is 22.3 Å². The summed E-state index contributed by atoms with van der Waals surface area (Å²) in [5.74, 6) is 11.7. The molecule has 0 unspecified atom stereocenters. The van der Waals surface area contributed by atoms with Crippen LogP contribution in [0.2, 0.25) is 50.2 Å². The molecule has 0 atom stereocenters. The zero-order valence-electron chi connectivity index (χ0n) is 75.3. The first-order chi connectivity index (χ1) is 64.5. The number of hydrogen-bond acceptors (Lipinski definition) is 18. The number of carboxylic acids is 1. The Balaban J connectivity index is 0.000000206. The standard InChI is InChI=1S/C26H29Cl2N3O4.C24H25Cl2N3O4.C18H20Cl2O3.C15H16Cl2O.C12H14Cl2O.C3H3Br.C3H5ClO2/c1-3-34-26(32)25-24(31(30-29-25)15-17-4-8-22(33-2)9-5-17)16-35-23-10-6-18(7-11-23)19-12-20(27)14-21(28)13-19;1-32-20-6-2-15(3-7-20)13-29-22(23(24(30)31)27-28-29)14-33-21-8-4-16(5-9-21)17-10-18(25)12-19(26)11-17;1-2-22-18(21)4-3-9-23-17-7-5-13(6-8-17)14-10-15(19)12-16(20)11-14;1-2-7-18-15-5-3-11(4-6-15)12-8-13(16)10-14(17)9-12;13-10-5-9(6-11(14)7-10)8-1-3-12(15)4-2-8;1-2-3-4;1-2-6-3(4)5/h4-5,8-9,12-14,18,23H,3,6-7,10-11,15-16H2,1-2H3;2-3,6-7,10-12,16,21H,4-5,8-9,13-14H2,1H3,(H,30,31);10-13,17H,2,5-9H2,1H3;1,8-11,15H,3-7H2;5-8,12,15H,1-4H2;1H,3H2;2H2,1H3. The quantitative estimate of drug-likeness (QED) is 0.0128. The Bertz CT molecular complexity index is 5220. The average molecular weight is 2120 g/mol. The fourth-order valence-corrected chi connectivity index (χ4v) is 19.2. The van der Waals surface area contributed by atoms with Crippen molar-refractivity contribution in [2.75, 3.05) is 52.6 Å². The van der Waals surface area contributed by atoms with Gasteiger partial charge >= 0.3 is 23.3 Å². The molecule has 0 saturated heterocycles. The molecule has 5 aliphatic rings. The van der Waals surface area contributed by atoms with E-state index in [-0.39, 0.29) is 62.2 Å². The fraction of sp³-hybridized carbons (Fsp3) is 0.446. The number of nitrogens with zero attached hydrogens (tertiary/aromatic N) is 6. The first kappa shape index (κ1) is 112. The molecule has 0 spiro atoms. The van der Waals surface area contributed by atoms with Crippen molar-refractivity contribution in [3.8, 4) is 48.0 Å². The Morgan fingerprint density at radius 1 is 0.410 bits per heavy atom. The van der Waals surface area contributed by atoms with E-state index in [4.69, 9.17) is 178 Å². The number of aliphatic hydroxyl groups excluding tert-OH is 1. The molecule has 5 fully saturated rings. The number of ether oxygens (including phenoxy) is 9. The van der Waals surface area contributed by atoms with Crippen LogP contribution in [0.5, 0.6) is 11.5 Å². The Hall–Kier alpha value is -7.55. The summed E-state index contributed by atoms with van der Waals surface area (Å²) in [7, 11) is 3.24. The Labute approximate surface area is 849 Å². The summed E-state index contributed by atoms with van der Waals surface area (Å²) in [5, 5.41) is 42.7. The van der Waals surface area contributed by atoms with E-state index in [2.05, 4.69) is 65.0 Å². The van der Waals surface area contributed by atoms with Crippen LogP contribution in [0.3, 0.4) is 0 Å². The molecule has 9 aromatic rings. The van der Waals surface area contributed by atoms with Crippen LogP contribution in [0.25, 0.3) is 0 Å². The van der Waals surface area contributed by atoms with Gasteiger partial charge in [-0.05, 0) is 333 Å². The van der Waals surface area contributed by atoms with Crippen LogP contribution in [0.4, 0.5) is 4.79 Å². The van der Waals surface area contributed by atoms with Crippen LogP contribution in [0.15, 0.2) is 140 Å². The molecule has 134 heavy (non-hydrogen) atoms. The summed E-state index contributed by atoms with van der Waals surface area (Å²) in [6, 6.07) is 43.9. The number of alkyl halides is 1. The van der Waals surface area contributed by atoms with Gasteiger partial charge in [-0.15, -0.1) is 23.0 Å². The third-order valence-corrected chi connectivity index (χ3v) is 25.6. The second-order valence-corrected chi connectivity index (χ2v) is 37.4.